The van der Waals surface area contributed by atoms with E-state index in [2.05, 4.69) is 23.5 Å². The van der Waals surface area contributed by atoms with Gasteiger partial charge < -0.3 is 5.32 Å². The van der Waals surface area contributed by atoms with E-state index in [-0.39, 0.29) is 0 Å². The van der Waals surface area contributed by atoms with Crippen molar-refractivity contribution in [3.63, 3.8) is 0 Å². The Balaban J connectivity index is 1.97. The summed E-state index contributed by atoms with van der Waals surface area (Å²) in [6, 6.07) is 0.607. The molecule has 0 bridgehead atoms. The van der Waals surface area contributed by atoms with Crippen LogP contribution < -0.4 is 5.32 Å². The maximum absolute atomic E-state index is 4.53. The van der Waals surface area contributed by atoms with Gasteiger partial charge in [-0.3, -0.25) is 4.99 Å². The molecule has 2 nitrogen and oxygen atoms in total. The molecule has 0 aromatic heterocycles. The fraction of sp³-hybridized carbons (Fsp3) is 0.900. The normalized spacial score (nSPS) is 24.1. The van der Waals surface area contributed by atoms with Gasteiger partial charge in [0.15, 0.2) is 5.17 Å². The van der Waals surface area contributed by atoms with Crippen LogP contribution in [0.3, 0.4) is 0 Å². The third-order valence-electron chi connectivity index (χ3n) is 2.10. The minimum absolute atomic E-state index is 0.607. The first-order valence-corrected chi connectivity index (χ1v) is 7.63. The van der Waals surface area contributed by atoms with Gasteiger partial charge in [-0.15, -0.1) is 0 Å². The van der Waals surface area contributed by atoms with E-state index in [4.69, 9.17) is 0 Å². The second-order valence-electron chi connectivity index (χ2n) is 3.60. The lowest BCUT2D eigenvalue weighted by Crippen LogP contribution is -2.23. The number of hydrogen-bond acceptors (Lipinski definition) is 3. The SMILES string of the molecule is CSCCCCCN=C1NC(C)CS1. The Kier molecular flexibility index (Phi) is 6.52. The van der Waals surface area contributed by atoms with E-state index < -0.39 is 0 Å². The lowest BCUT2D eigenvalue weighted by molar-refractivity contribution is 0.725. The molecule has 0 amide bonds. The van der Waals surface area contributed by atoms with Gasteiger partial charge >= 0.3 is 0 Å². The number of aliphatic imine (C=N–C) groups is 1. The first kappa shape index (κ1) is 12.2. The van der Waals surface area contributed by atoms with Crippen LogP contribution in [0.15, 0.2) is 4.99 Å². The summed E-state index contributed by atoms with van der Waals surface area (Å²) in [6.07, 6.45) is 6.06. The molecule has 1 heterocycles. The molecule has 1 rings (SSSR count). The standard InChI is InChI=1S/C10H20N2S2/c1-9-8-14-10(12-9)11-6-4-3-5-7-13-2/h9H,3-8H2,1-2H3,(H,11,12). The molecule has 1 atom stereocenters. The highest BCUT2D eigenvalue weighted by atomic mass is 32.2. The second kappa shape index (κ2) is 7.46. The van der Waals surface area contributed by atoms with Crippen LogP contribution in [0.2, 0.25) is 0 Å². The van der Waals surface area contributed by atoms with Crippen molar-refractivity contribution >= 4 is 28.7 Å². The first-order chi connectivity index (χ1) is 6.83. The van der Waals surface area contributed by atoms with Crippen molar-refractivity contribution in [1.82, 2.24) is 5.32 Å². The number of amidine groups is 1. The molecular formula is C10H20N2S2. The molecule has 0 aromatic carbocycles. The zero-order valence-corrected chi connectivity index (χ0v) is 10.7. The van der Waals surface area contributed by atoms with Crippen molar-refractivity contribution in [3.05, 3.63) is 0 Å². The van der Waals surface area contributed by atoms with Crippen molar-refractivity contribution in [3.8, 4) is 0 Å². The van der Waals surface area contributed by atoms with Crippen molar-refractivity contribution in [2.45, 2.75) is 32.2 Å². The molecular weight excluding hydrogens is 212 g/mol. The summed E-state index contributed by atoms with van der Waals surface area (Å²) in [4.78, 5) is 4.53. The van der Waals surface area contributed by atoms with E-state index in [1.54, 1.807) is 0 Å². The zero-order chi connectivity index (χ0) is 10.2. The number of nitrogens with zero attached hydrogens (tertiary/aromatic N) is 1. The largest absolute Gasteiger partial charge is 0.362 e. The van der Waals surface area contributed by atoms with Gasteiger partial charge in [-0.25, -0.2) is 0 Å². The number of rotatable bonds is 6. The number of nitrogens with one attached hydrogen (secondary N) is 1. The molecule has 1 fully saturated rings. The van der Waals surface area contributed by atoms with Gasteiger partial charge in [0.2, 0.25) is 0 Å². The molecule has 0 aliphatic carbocycles. The second-order valence-corrected chi connectivity index (χ2v) is 5.59. The smallest absolute Gasteiger partial charge is 0.156 e. The molecule has 0 radical (unpaired) electrons. The molecule has 0 saturated carbocycles. The van der Waals surface area contributed by atoms with Crippen LogP contribution in [-0.4, -0.2) is 35.5 Å². The van der Waals surface area contributed by atoms with Gasteiger partial charge in [0.05, 0.1) is 0 Å². The quantitative estimate of drug-likeness (QED) is 0.712. The van der Waals surface area contributed by atoms with Crippen molar-refractivity contribution in [2.24, 2.45) is 4.99 Å². The van der Waals surface area contributed by atoms with Crippen LogP contribution in [0, 0.1) is 0 Å². The van der Waals surface area contributed by atoms with Crippen LogP contribution in [-0.2, 0) is 0 Å². The maximum atomic E-state index is 4.53. The summed E-state index contributed by atoms with van der Waals surface area (Å²) in [5.74, 6) is 2.46. The van der Waals surface area contributed by atoms with Crippen LogP contribution in [0.1, 0.15) is 26.2 Å². The van der Waals surface area contributed by atoms with Crippen LogP contribution in [0.5, 0.6) is 0 Å². The molecule has 14 heavy (non-hydrogen) atoms. The summed E-state index contributed by atoms with van der Waals surface area (Å²) >= 11 is 3.79. The molecule has 1 aliphatic rings. The summed E-state index contributed by atoms with van der Waals surface area (Å²) in [7, 11) is 0. The van der Waals surface area contributed by atoms with E-state index in [0.717, 1.165) is 11.7 Å². The van der Waals surface area contributed by atoms with Crippen LogP contribution in [0.4, 0.5) is 0 Å². The van der Waals surface area contributed by atoms with E-state index >= 15 is 0 Å². The molecule has 1 unspecified atom stereocenters. The third-order valence-corrected chi connectivity index (χ3v) is 3.99. The maximum Gasteiger partial charge on any atom is 0.156 e. The zero-order valence-electron chi connectivity index (χ0n) is 9.08. The third kappa shape index (κ3) is 5.15. The van der Waals surface area contributed by atoms with Gasteiger partial charge in [-0.1, -0.05) is 18.2 Å². The molecule has 1 aliphatic heterocycles. The monoisotopic (exact) mass is 232 g/mol. The highest BCUT2D eigenvalue weighted by Crippen LogP contribution is 2.13. The molecule has 82 valence electrons. The van der Waals surface area contributed by atoms with Crippen molar-refractivity contribution < 1.29 is 0 Å². The minimum atomic E-state index is 0.607. The predicted octanol–water partition coefficient (Wildman–Crippen LogP) is 2.60. The Bertz CT molecular complexity index is 183. The van der Waals surface area contributed by atoms with E-state index in [9.17, 15) is 0 Å². The first-order valence-electron chi connectivity index (χ1n) is 5.25. The summed E-state index contributed by atoms with van der Waals surface area (Å²) in [5.41, 5.74) is 0. The van der Waals surface area contributed by atoms with Gasteiger partial charge in [-0.05, 0) is 31.8 Å². The Morgan fingerprint density at radius 1 is 1.50 bits per heavy atom. The topological polar surface area (TPSA) is 24.4 Å². The highest BCUT2D eigenvalue weighted by Gasteiger charge is 2.14. The van der Waals surface area contributed by atoms with E-state index in [1.807, 2.05) is 23.5 Å². The Morgan fingerprint density at radius 2 is 2.36 bits per heavy atom. The predicted molar refractivity (Wildman–Crippen MR) is 69.6 cm³/mol. The minimum Gasteiger partial charge on any atom is -0.362 e. The van der Waals surface area contributed by atoms with Gasteiger partial charge in [0.25, 0.3) is 0 Å². The molecule has 0 spiro atoms. The van der Waals surface area contributed by atoms with Crippen LogP contribution in [0.25, 0.3) is 0 Å². The number of hydrogen-bond donors (Lipinski definition) is 1. The Labute approximate surface area is 95.7 Å². The molecule has 4 heteroatoms. The molecule has 1 saturated heterocycles. The average Bonchev–Trinajstić information content (AvgIpc) is 2.58. The fourth-order valence-electron chi connectivity index (χ4n) is 1.30. The lowest BCUT2D eigenvalue weighted by Gasteiger charge is -2.01. The molecule has 1 N–H and O–H groups in total. The molecule has 0 aromatic rings. The summed E-state index contributed by atoms with van der Waals surface area (Å²) in [5, 5.41) is 4.52. The van der Waals surface area contributed by atoms with Crippen LogP contribution >= 0.6 is 23.5 Å². The Hall–Kier alpha value is 0.170. The van der Waals surface area contributed by atoms with E-state index in [0.29, 0.717) is 6.04 Å². The number of unbranched alkanes of at least 4 members (excludes halogenated alkanes) is 2. The fourth-order valence-corrected chi connectivity index (χ4v) is 2.76. The van der Waals surface area contributed by atoms with Gasteiger partial charge in [0.1, 0.15) is 0 Å². The van der Waals surface area contributed by atoms with Gasteiger partial charge in [-0.2, -0.15) is 11.8 Å². The highest BCUT2D eigenvalue weighted by molar-refractivity contribution is 8.14. The lowest BCUT2D eigenvalue weighted by atomic mass is 10.2. The summed E-state index contributed by atoms with van der Waals surface area (Å²) < 4.78 is 0. The summed E-state index contributed by atoms with van der Waals surface area (Å²) in [6.45, 7) is 3.20. The van der Waals surface area contributed by atoms with Crippen molar-refractivity contribution in [1.29, 1.82) is 0 Å². The van der Waals surface area contributed by atoms with Gasteiger partial charge in [0, 0.05) is 18.3 Å². The average molecular weight is 232 g/mol. The Morgan fingerprint density at radius 3 is 3.00 bits per heavy atom. The number of thioether (sulfide) groups is 2. The van der Waals surface area contributed by atoms with Crippen molar-refractivity contribution in [2.75, 3.05) is 24.3 Å². The van der Waals surface area contributed by atoms with E-state index in [1.165, 1.54) is 30.8 Å².